The van der Waals surface area contributed by atoms with E-state index in [-0.39, 0.29) is 41.7 Å². The number of carbonyl (C=O) groups is 2. The van der Waals surface area contributed by atoms with Gasteiger partial charge in [-0.05, 0) is 56.0 Å². The van der Waals surface area contributed by atoms with Crippen molar-refractivity contribution in [2.75, 3.05) is 6.61 Å². The Morgan fingerprint density at radius 3 is 2.35 bits per heavy atom. The van der Waals surface area contributed by atoms with Gasteiger partial charge in [-0.15, -0.1) is 0 Å². The summed E-state index contributed by atoms with van der Waals surface area (Å²) in [7, 11) is 0. The van der Waals surface area contributed by atoms with E-state index in [1.165, 1.54) is 24.3 Å². The predicted molar refractivity (Wildman–Crippen MR) is 135 cm³/mol. The summed E-state index contributed by atoms with van der Waals surface area (Å²) in [6.45, 7) is 3.29. The first-order valence-corrected chi connectivity index (χ1v) is 12.2. The van der Waals surface area contributed by atoms with E-state index in [1.807, 2.05) is 37.3 Å². The van der Waals surface area contributed by atoms with Crippen LogP contribution in [0.2, 0.25) is 0 Å². The van der Waals surface area contributed by atoms with Crippen molar-refractivity contribution in [3.8, 4) is 11.5 Å². The molecule has 1 fully saturated rings. The molecule has 1 aromatic heterocycles. The number of aromatic nitrogens is 1. The monoisotopic (exact) mass is 506 g/mol. The molecular weight excluding hydrogens is 476 g/mol. The van der Waals surface area contributed by atoms with Gasteiger partial charge in [0.25, 0.3) is 12.4 Å². The van der Waals surface area contributed by atoms with E-state index in [0.29, 0.717) is 49.3 Å². The van der Waals surface area contributed by atoms with Gasteiger partial charge in [0.1, 0.15) is 23.8 Å². The average molecular weight is 507 g/mol. The Balaban J connectivity index is 0.000000342. The molecule has 2 N–H and O–H groups in total. The van der Waals surface area contributed by atoms with Crippen LogP contribution < -0.4 is 5.43 Å². The summed E-state index contributed by atoms with van der Waals surface area (Å²) >= 11 is 0. The predicted octanol–water partition coefficient (Wildman–Crippen LogP) is 3.00. The zero-order chi connectivity index (χ0) is 26.4. The lowest BCUT2D eigenvalue weighted by atomic mass is 9.98. The second kappa shape index (κ2) is 11.7. The number of rotatable bonds is 6. The minimum atomic E-state index is -0.344. The summed E-state index contributed by atoms with van der Waals surface area (Å²) in [5.74, 6) is 0.169. The molecule has 0 unspecified atom stereocenters. The van der Waals surface area contributed by atoms with Gasteiger partial charge in [-0.3, -0.25) is 14.4 Å². The van der Waals surface area contributed by atoms with Gasteiger partial charge in [-0.1, -0.05) is 30.3 Å². The highest BCUT2D eigenvalue weighted by Gasteiger charge is 2.40. The third kappa shape index (κ3) is 6.00. The highest BCUT2D eigenvalue weighted by molar-refractivity contribution is 5.95. The van der Waals surface area contributed by atoms with Gasteiger partial charge in [-0.25, -0.2) is 0 Å². The Kier molecular flexibility index (Phi) is 8.25. The average Bonchev–Trinajstić information content (AvgIpc) is 2.90. The summed E-state index contributed by atoms with van der Waals surface area (Å²) < 4.78 is 12.5. The molecular formula is C28H30N2O7. The van der Waals surface area contributed by atoms with E-state index >= 15 is 0 Å². The minimum Gasteiger partial charge on any atom is -0.508 e. The van der Waals surface area contributed by atoms with Crippen molar-refractivity contribution in [3.63, 3.8) is 0 Å². The molecule has 5 rings (SSSR count). The zero-order valence-corrected chi connectivity index (χ0v) is 20.6. The number of hydrogen-bond acceptors (Lipinski definition) is 7. The smallest absolute Gasteiger partial charge is 0.293 e. The Labute approximate surface area is 214 Å². The van der Waals surface area contributed by atoms with Gasteiger partial charge >= 0.3 is 0 Å². The van der Waals surface area contributed by atoms with E-state index in [0.717, 1.165) is 12.0 Å². The van der Waals surface area contributed by atoms with E-state index in [1.54, 1.807) is 15.7 Å². The molecule has 0 radical (unpaired) electrons. The maximum Gasteiger partial charge on any atom is 0.293 e. The van der Waals surface area contributed by atoms with Crippen LogP contribution in [0.3, 0.4) is 0 Å². The van der Waals surface area contributed by atoms with Crippen LogP contribution in [-0.2, 0) is 40.3 Å². The lowest BCUT2D eigenvalue weighted by Crippen LogP contribution is -2.57. The number of aryl methyl sites for hydroxylation is 1. The highest BCUT2D eigenvalue weighted by atomic mass is 16.5. The van der Waals surface area contributed by atoms with Gasteiger partial charge in [0.15, 0.2) is 11.7 Å². The summed E-state index contributed by atoms with van der Waals surface area (Å²) in [6, 6.07) is 15.6. The molecule has 2 aliphatic rings. The van der Waals surface area contributed by atoms with Gasteiger partial charge in [0.05, 0.1) is 18.7 Å². The Morgan fingerprint density at radius 1 is 1.03 bits per heavy atom. The number of ether oxygens (including phenoxy) is 2. The van der Waals surface area contributed by atoms with Crippen LogP contribution in [0.15, 0.2) is 65.6 Å². The van der Waals surface area contributed by atoms with Crippen molar-refractivity contribution >= 4 is 12.4 Å². The molecule has 2 aliphatic heterocycles. The molecule has 0 spiro atoms. The van der Waals surface area contributed by atoms with Gasteiger partial charge in [-0.2, -0.15) is 0 Å². The fourth-order valence-electron chi connectivity index (χ4n) is 4.65. The first-order chi connectivity index (χ1) is 17.9. The molecule has 2 aromatic carbocycles. The molecule has 9 nitrogen and oxygen atoms in total. The molecule has 2 atom stereocenters. The van der Waals surface area contributed by atoms with Crippen LogP contribution >= 0.6 is 0 Å². The number of hydrogen-bond donors (Lipinski definition) is 2. The van der Waals surface area contributed by atoms with Crippen LogP contribution in [-0.4, -0.2) is 50.9 Å². The maximum atomic E-state index is 13.4. The normalized spacial score (nSPS) is 18.2. The van der Waals surface area contributed by atoms with E-state index in [4.69, 9.17) is 19.7 Å². The molecule has 1 amide bonds. The van der Waals surface area contributed by atoms with Crippen molar-refractivity contribution < 1.29 is 29.3 Å². The van der Waals surface area contributed by atoms with Crippen LogP contribution in [0.4, 0.5) is 0 Å². The standard InChI is InChI=1S/C22H24N2O5.C6H6O2/c1-15-9-10-29-19-12-23-11-17(13-28-14-25)21(26)18(20(23)22(27)24(15)19)8-7-16-5-3-2-4-6-16;7-5-1-2-6(8)4-3-5/h2-6,11,14-15,19H,7-10,12-13H2,1H3;1-4,7-8H/t15-,19+;/m1./s1. The van der Waals surface area contributed by atoms with E-state index in [9.17, 15) is 14.4 Å². The summed E-state index contributed by atoms with van der Waals surface area (Å²) in [5, 5.41) is 17.3. The van der Waals surface area contributed by atoms with Crippen LogP contribution in [0.25, 0.3) is 0 Å². The Morgan fingerprint density at radius 2 is 1.70 bits per heavy atom. The molecule has 0 saturated carbocycles. The van der Waals surface area contributed by atoms with Gasteiger partial charge in [0, 0.05) is 17.8 Å². The number of carbonyl (C=O) groups excluding carboxylic acids is 2. The molecule has 1 saturated heterocycles. The lowest BCUT2D eigenvalue weighted by Gasteiger charge is -2.44. The SMILES string of the molecule is C[C@@H]1CCO[C@H]2Cn3cc(COC=O)c(=O)c(CCc4ccccc4)c3C(=O)N12.Oc1ccc(O)cc1. The maximum absolute atomic E-state index is 13.4. The first kappa shape index (κ1) is 26.0. The van der Waals surface area contributed by atoms with Crippen molar-refractivity contribution in [2.24, 2.45) is 0 Å². The van der Waals surface area contributed by atoms with Crippen molar-refractivity contribution in [2.45, 2.75) is 51.6 Å². The molecule has 0 aliphatic carbocycles. The second-order valence-corrected chi connectivity index (χ2v) is 9.05. The van der Waals surface area contributed by atoms with Gasteiger partial charge in [0.2, 0.25) is 0 Å². The number of amides is 1. The molecule has 3 aromatic rings. The fourth-order valence-corrected chi connectivity index (χ4v) is 4.65. The first-order valence-electron chi connectivity index (χ1n) is 12.2. The number of phenolic OH excluding ortho intramolecular Hbond substituents is 2. The largest absolute Gasteiger partial charge is 0.508 e. The molecule has 3 heterocycles. The van der Waals surface area contributed by atoms with Crippen molar-refractivity contribution in [1.82, 2.24) is 9.47 Å². The van der Waals surface area contributed by atoms with Crippen LogP contribution in [0.5, 0.6) is 11.5 Å². The van der Waals surface area contributed by atoms with E-state index < -0.39 is 0 Å². The van der Waals surface area contributed by atoms with Crippen LogP contribution in [0.1, 0.15) is 40.5 Å². The molecule has 37 heavy (non-hydrogen) atoms. The van der Waals surface area contributed by atoms with Crippen LogP contribution in [0, 0.1) is 0 Å². The topological polar surface area (TPSA) is 118 Å². The van der Waals surface area contributed by atoms with Gasteiger partial charge < -0.3 is 29.2 Å². The lowest BCUT2D eigenvalue weighted by molar-refractivity contribution is -0.129. The quantitative estimate of drug-likeness (QED) is 0.390. The third-order valence-electron chi connectivity index (χ3n) is 6.53. The summed E-state index contributed by atoms with van der Waals surface area (Å²) in [4.78, 5) is 38.9. The number of pyridine rings is 1. The summed E-state index contributed by atoms with van der Waals surface area (Å²) in [5.41, 5.74) is 2.13. The fraction of sp³-hybridized carbons (Fsp3) is 0.321. The second-order valence-electron chi connectivity index (χ2n) is 9.05. The molecule has 9 heteroatoms. The minimum absolute atomic E-state index is 0.0603. The van der Waals surface area contributed by atoms with E-state index in [2.05, 4.69) is 0 Å². The summed E-state index contributed by atoms with van der Waals surface area (Å²) in [6.07, 6.45) is 3.14. The zero-order valence-electron chi connectivity index (χ0n) is 20.6. The third-order valence-corrected chi connectivity index (χ3v) is 6.53. The molecule has 0 bridgehead atoms. The number of aromatic hydroxyl groups is 2. The number of phenols is 2. The Hall–Kier alpha value is -4.11. The number of benzene rings is 2. The highest BCUT2D eigenvalue weighted by Crippen LogP contribution is 2.28. The number of nitrogens with zero attached hydrogens (tertiary/aromatic N) is 2. The number of fused-ring (bicyclic) bond motifs is 2. The molecule has 194 valence electrons. The van der Waals surface area contributed by atoms with Crippen molar-refractivity contribution in [1.29, 1.82) is 0 Å². The Bertz CT molecular complexity index is 1270. The van der Waals surface area contributed by atoms with Crippen molar-refractivity contribution in [3.05, 3.63) is 93.4 Å².